The first-order valence-corrected chi connectivity index (χ1v) is 15.6. The van der Waals surface area contributed by atoms with E-state index in [1.165, 1.54) is 77.2 Å². The minimum Gasteiger partial charge on any atom is -0.456 e. The summed E-state index contributed by atoms with van der Waals surface area (Å²) in [5.74, 6) is 0.140. The van der Waals surface area contributed by atoms with E-state index in [9.17, 15) is 0 Å². The van der Waals surface area contributed by atoms with Crippen LogP contribution in [0.25, 0.3) is 71.7 Å². The van der Waals surface area contributed by atoms with Gasteiger partial charge < -0.3 is 8.98 Å². The van der Waals surface area contributed by atoms with Gasteiger partial charge in [0.2, 0.25) is 0 Å². The number of furan rings is 1. The Bertz CT molecular complexity index is 2600. The molecule has 0 bridgehead atoms. The van der Waals surface area contributed by atoms with Crippen LogP contribution in [0.15, 0.2) is 162 Å². The zero-order chi connectivity index (χ0) is 29.5. The number of nitrogens with zero attached hydrogens (tertiary/aromatic N) is 1. The van der Waals surface area contributed by atoms with Crippen molar-refractivity contribution in [3.8, 4) is 27.9 Å². The number of para-hydroxylation sites is 3. The van der Waals surface area contributed by atoms with E-state index < -0.39 is 0 Å². The molecule has 0 amide bonds. The Hall–Kier alpha value is -5.86. The van der Waals surface area contributed by atoms with E-state index in [0.29, 0.717) is 0 Å². The topological polar surface area (TPSA) is 18.1 Å². The molecule has 0 spiro atoms. The summed E-state index contributed by atoms with van der Waals surface area (Å²) in [5.41, 5.74) is 14.6. The summed E-state index contributed by atoms with van der Waals surface area (Å²) in [7, 11) is 0. The van der Waals surface area contributed by atoms with Crippen LogP contribution in [0.4, 0.5) is 0 Å². The van der Waals surface area contributed by atoms with E-state index in [-0.39, 0.29) is 5.92 Å². The molecule has 2 aromatic heterocycles. The number of rotatable bonds is 3. The van der Waals surface area contributed by atoms with Gasteiger partial charge in [-0.1, -0.05) is 109 Å². The molecule has 0 radical (unpaired) electrons. The third-order valence-corrected chi connectivity index (χ3v) is 9.69. The van der Waals surface area contributed by atoms with Crippen molar-refractivity contribution in [1.82, 2.24) is 4.57 Å². The molecule has 2 heteroatoms. The summed E-state index contributed by atoms with van der Waals surface area (Å²) in [6.07, 6.45) is 0. The van der Waals surface area contributed by atoms with Crippen molar-refractivity contribution < 1.29 is 4.42 Å². The number of aromatic nitrogens is 1. The number of hydrogen-bond donors (Lipinski definition) is 0. The average molecular weight is 574 g/mol. The minimum atomic E-state index is 0.140. The van der Waals surface area contributed by atoms with Crippen molar-refractivity contribution in [2.24, 2.45) is 0 Å². The fourth-order valence-corrected chi connectivity index (χ4v) is 7.77. The monoisotopic (exact) mass is 573 g/mol. The standard InChI is InChI=1S/C43H27NO/c1-2-11-29(12-3-1)44-38-18-8-6-14-31(38)37-26-28(22-24-39(37)44)27-21-23-33-36(25-27)30-13-4-5-15-32(30)42(33)35-17-10-20-41-43(35)34-16-7-9-19-40(34)45-41/h1-26,42H. The van der Waals surface area contributed by atoms with Crippen LogP contribution in [0, 0.1) is 0 Å². The Labute approximate surface area is 260 Å². The molecule has 1 atom stereocenters. The predicted molar refractivity (Wildman–Crippen MR) is 186 cm³/mol. The first-order valence-electron chi connectivity index (χ1n) is 15.6. The molecule has 0 saturated carbocycles. The maximum absolute atomic E-state index is 6.30. The Balaban J connectivity index is 1.16. The Kier molecular flexibility index (Phi) is 5.09. The second-order valence-corrected chi connectivity index (χ2v) is 12.1. The van der Waals surface area contributed by atoms with E-state index in [1.807, 2.05) is 6.07 Å². The summed E-state index contributed by atoms with van der Waals surface area (Å²) in [6, 6.07) is 57.2. The predicted octanol–water partition coefficient (Wildman–Crippen LogP) is 11.5. The minimum absolute atomic E-state index is 0.140. The van der Waals surface area contributed by atoms with Crippen molar-refractivity contribution in [3.05, 3.63) is 174 Å². The van der Waals surface area contributed by atoms with Crippen LogP contribution in [-0.4, -0.2) is 4.57 Å². The molecule has 1 aliphatic rings. The summed E-state index contributed by atoms with van der Waals surface area (Å²) in [5, 5.41) is 4.92. The average Bonchev–Trinajstić information content (AvgIpc) is 3.76. The summed E-state index contributed by atoms with van der Waals surface area (Å²) in [4.78, 5) is 0. The number of fused-ring (bicyclic) bond motifs is 9. The molecule has 0 aliphatic heterocycles. The number of benzene rings is 7. The van der Waals surface area contributed by atoms with Gasteiger partial charge in [-0.05, 0) is 87.5 Å². The van der Waals surface area contributed by atoms with E-state index >= 15 is 0 Å². The van der Waals surface area contributed by atoms with Crippen LogP contribution >= 0.6 is 0 Å². The molecule has 1 aliphatic carbocycles. The quantitative estimate of drug-likeness (QED) is 0.206. The fourth-order valence-electron chi connectivity index (χ4n) is 7.77. The van der Waals surface area contributed by atoms with Crippen molar-refractivity contribution in [2.45, 2.75) is 5.92 Å². The van der Waals surface area contributed by atoms with Gasteiger partial charge in [-0.3, -0.25) is 0 Å². The van der Waals surface area contributed by atoms with Crippen molar-refractivity contribution >= 4 is 43.7 Å². The van der Waals surface area contributed by atoms with Gasteiger partial charge in [0.15, 0.2) is 0 Å². The summed E-state index contributed by atoms with van der Waals surface area (Å²) < 4.78 is 8.67. The van der Waals surface area contributed by atoms with Crippen molar-refractivity contribution in [3.63, 3.8) is 0 Å². The highest BCUT2D eigenvalue weighted by Crippen LogP contribution is 2.51. The Morgan fingerprint density at radius 2 is 1.09 bits per heavy atom. The van der Waals surface area contributed by atoms with Crippen LogP contribution < -0.4 is 0 Å². The normalized spacial score (nSPS) is 14.0. The third kappa shape index (κ3) is 3.51. The molecule has 7 aromatic carbocycles. The molecule has 0 fully saturated rings. The molecular weight excluding hydrogens is 546 g/mol. The van der Waals surface area contributed by atoms with Gasteiger partial charge >= 0.3 is 0 Å². The lowest BCUT2D eigenvalue weighted by Gasteiger charge is -2.16. The highest BCUT2D eigenvalue weighted by atomic mass is 16.3. The lowest BCUT2D eigenvalue weighted by atomic mass is 9.86. The van der Waals surface area contributed by atoms with Crippen molar-refractivity contribution in [1.29, 1.82) is 0 Å². The maximum atomic E-state index is 6.30. The number of hydrogen-bond acceptors (Lipinski definition) is 1. The molecular formula is C43H27NO. The Morgan fingerprint density at radius 1 is 0.422 bits per heavy atom. The first kappa shape index (κ1) is 24.6. The molecule has 2 heterocycles. The molecule has 1 unspecified atom stereocenters. The van der Waals surface area contributed by atoms with Crippen LogP contribution in [-0.2, 0) is 0 Å². The van der Waals surface area contributed by atoms with Crippen molar-refractivity contribution in [2.75, 3.05) is 0 Å². The summed E-state index contributed by atoms with van der Waals surface area (Å²) in [6.45, 7) is 0. The van der Waals surface area contributed by atoms with Crippen LogP contribution in [0.1, 0.15) is 22.6 Å². The molecule has 0 N–H and O–H groups in total. The molecule has 10 rings (SSSR count). The van der Waals surface area contributed by atoms with E-state index in [4.69, 9.17) is 4.42 Å². The zero-order valence-corrected chi connectivity index (χ0v) is 24.4. The lowest BCUT2D eigenvalue weighted by molar-refractivity contribution is 0.668. The van der Waals surface area contributed by atoms with Crippen LogP contribution in [0.5, 0.6) is 0 Å². The molecule has 210 valence electrons. The van der Waals surface area contributed by atoms with Gasteiger partial charge in [0, 0.05) is 33.2 Å². The second kappa shape index (κ2) is 9.32. The largest absolute Gasteiger partial charge is 0.456 e. The molecule has 45 heavy (non-hydrogen) atoms. The Morgan fingerprint density at radius 3 is 2.02 bits per heavy atom. The van der Waals surface area contributed by atoms with E-state index in [1.54, 1.807) is 0 Å². The van der Waals surface area contributed by atoms with Crippen LogP contribution in [0.2, 0.25) is 0 Å². The van der Waals surface area contributed by atoms with Gasteiger partial charge in [0.1, 0.15) is 11.2 Å². The van der Waals surface area contributed by atoms with Gasteiger partial charge in [0.05, 0.1) is 11.0 Å². The smallest absolute Gasteiger partial charge is 0.135 e. The maximum Gasteiger partial charge on any atom is 0.135 e. The lowest BCUT2D eigenvalue weighted by Crippen LogP contribution is -2.00. The van der Waals surface area contributed by atoms with Gasteiger partial charge in [-0.2, -0.15) is 0 Å². The first-order chi connectivity index (χ1) is 22.3. The summed E-state index contributed by atoms with van der Waals surface area (Å²) >= 11 is 0. The van der Waals surface area contributed by atoms with Gasteiger partial charge in [0.25, 0.3) is 0 Å². The van der Waals surface area contributed by atoms with Gasteiger partial charge in [-0.15, -0.1) is 0 Å². The fraction of sp³-hybridized carbons (Fsp3) is 0.0233. The second-order valence-electron chi connectivity index (χ2n) is 12.1. The molecule has 9 aromatic rings. The highest BCUT2D eigenvalue weighted by molar-refractivity contribution is 6.11. The SMILES string of the molecule is c1ccc(-n2c3ccccc3c3cc(-c4ccc5c(c4)-c4ccccc4C5c4cccc5oc6ccccc6c45)ccc32)cc1. The molecule has 2 nitrogen and oxygen atoms in total. The van der Waals surface area contributed by atoms with Crippen LogP contribution in [0.3, 0.4) is 0 Å². The highest BCUT2D eigenvalue weighted by Gasteiger charge is 2.32. The molecule has 0 saturated heterocycles. The zero-order valence-electron chi connectivity index (χ0n) is 24.4. The van der Waals surface area contributed by atoms with E-state index in [0.717, 1.165) is 11.2 Å². The third-order valence-electron chi connectivity index (χ3n) is 9.69. The van der Waals surface area contributed by atoms with E-state index in [2.05, 4.69) is 156 Å². The van der Waals surface area contributed by atoms with Gasteiger partial charge in [-0.25, -0.2) is 0 Å².